The predicted molar refractivity (Wildman–Crippen MR) is 100.0 cm³/mol. The Kier molecular flexibility index (Phi) is 5.67. The topological polar surface area (TPSA) is 76.4 Å². The minimum absolute atomic E-state index is 0.0344. The quantitative estimate of drug-likeness (QED) is 0.644. The van der Waals surface area contributed by atoms with Gasteiger partial charge in [-0.3, -0.25) is 9.69 Å². The van der Waals surface area contributed by atoms with Crippen molar-refractivity contribution in [2.45, 2.75) is 19.0 Å². The molecule has 2 aromatic carbocycles. The number of carbonyl (C=O) groups is 1. The SMILES string of the molecule is N#C/C(=C\c1cccc(O)c1)C(=O)NC1CCN(Cc2ccccc2)C1. The van der Waals surface area contributed by atoms with E-state index in [0.717, 1.165) is 26.1 Å². The highest BCUT2D eigenvalue weighted by Gasteiger charge is 2.24. The molecule has 0 bridgehead atoms. The Bertz CT molecular complexity index is 840. The molecule has 1 fully saturated rings. The average molecular weight is 347 g/mol. The number of rotatable bonds is 5. The molecule has 1 unspecified atom stereocenters. The third-order valence-corrected chi connectivity index (χ3v) is 4.40. The minimum atomic E-state index is -0.373. The van der Waals surface area contributed by atoms with Gasteiger partial charge in [0.25, 0.3) is 5.91 Å². The Labute approximate surface area is 153 Å². The fraction of sp³-hybridized carbons (Fsp3) is 0.238. The van der Waals surface area contributed by atoms with Crippen LogP contribution in [0, 0.1) is 11.3 Å². The van der Waals surface area contributed by atoms with Gasteiger partial charge in [-0.15, -0.1) is 0 Å². The summed E-state index contributed by atoms with van der Waals surface area (Å²) in [7, 11) is 0. The van der Waals surface area contributed by atoms with E-state index < -0.39 is 0 Å². The molecule has 1 amide bonds. The molecule has 5 heteroatoms. The summed E-state index contributed by atoms with van der Waals surface area (Å²) in [4.78, 5) is 14.7. The van der Waals surface area contributed by atoms with Gasteiger partial charge in [0.2, 0.25) is 0 Å². The largest absolute Gasteiger partial charge is 0.508 e. The fourth-order valence-corrected chi connectivity index (χ4v) is 3.13. The van der Waals surface area contributed by atoms with Crippen LogP contribution in [0.2, 0.25) is 0 Å². The number of likely N-dealkylation sites (tertiary alicyclic amines) is 1. The highest BCUT2D eigenvalue weighted by atomic mass is 16.3. The van der Waals surface area contributed by atoms with E-state index in [2.05, 4.69) is 22.3 Å². The lowest BCUT2D eigenvalue weighted by Crippen LogP contribution is -2.37. The first-order chi connectivity index (χ1) is 12.6. The van der Waals surface area contributed by atoms with Crippen LogP contribution in [0.5, 0.6) is 5.75 Å². The summed E-state index contributed by atoms with van der Waals surface area (Å²) >= 11 is 0. The number of carbonyl (C=O) groups excluding carboxylic acids is 1. The summed E-state index contributed by atoms with van der Waals surface area (Å²) in [6, 6.07) is 18.7. The first-order valence-electron chi connectivity index (χ1n) is 8.62. The number of phenols is 1. The van der Waals surface area contributed by atoms with Gasteiger partial charge in [0.1, 0.15) is 17.4 Å². The molecule has 2 N–H and O–H groups in total. The molecule has 0 spiro atoms. The Balaban J connectivity index is 1.58. The smallest absolute Gasteiger partial charge is 0.262 e. The van der Waals surface area contributed by atoms with Crippen LogP contribution in [0.4, 0.5) is 0 Å². The van der Waals surface area contributed by atoms with Gasteiger partial charge in [-0.05, 0) is 35.8 Å². The zero-order valence-corrected chi connectivity index (χ0v) is 14.4. The molecule has 1 aliphatic rings. The minimum Gasteiger partial charge on any atom is -0.508 e. The fourth-order valence-electron chi connectivity index (χ4n) is 3.13. The van der Waals surface area contributed by atoms with Crippen LogP contribution in [0.15, 0.2) is 60.2 Å². The normalized spacial score (nSPS) is 17.7. The van der Waals surface area contributed by atoms with Crippen molar-refractivity contribution in [2.75, 3.05) is 13.1 Å². The average Bonchev–Trinajstić information content (AvgIpc) is 3.07. The van der Waals surface area contributed by atoms with E-state index >= 15 is 0 Å². The van der Waals surface area contributed by atoms with Crippen LogP contribution in [0.25, 0.3) is 6.08 Å². The first kappa shape index (κ1) is 17.7. The lowest BCUT2D eigenvalue weighted by atomic mass is 10.1. The van der Waals surface area contributed by atoms with Crippen LogP contribution in [-0.2, 0) is 11.3 Å². The maximum Gasteiger partial charge on any atom is 0.262 e. The molecule has 0 aliphatic carbocycles. The van der Waals surface area contributed by atoms with E-state index in [0.29, 0.717) is 5.56 Å². The number of aromatic hydroxyl groups is 1. The van der Waals surface area contributed by atoms with E-state index in [4.69, 9.17) is 0 Å². The van der Waals surface area contributed by atoms with Crippen LogP contribution >= 0.6 is 0 Å². The molecule has 1 heterocycles. The second kappa shape index (κ2) is 8.32. The molecular formula is C21H21N3O2. The van der Waals surface area contributed by atoms with Gasteiger partial charge in [0.15, 0.2) is 0 Å². The number of hydrogen-bond acceptors (Lipinski definition) is 4. The van der Waals surface area contributed by atoms with E-state index in [9.17, 15) is 15.2 Å². The maximum atomic E-state index is 12.4. The highest BCUT2D eigenvalue weighted by molar-refractivity contribution is 6.01. The molecule has 1 saturated heterocycles. The first-order valence-corrected chi connectivity index (χ1v) is 8.62. The van der Waals surface area contributed by atoms with Gasteiger partial charge in [-0.2, -0.15) is 5.26 Å². The summed E-state index contributed by atoms with van der Waals surface area (Å²) in [5, 5.41) is 21.7. The Morgan fingerprint density at radius 2 is 2.08 bits per heavy atom. The second-order valence-corrected chi connectivity index (χ2v) is 6.44. The molecule has 132 valence electrons. The van der Waals surface area contributed by atoms with Crippen molar-refractivity contribution in [3.8, 4) is 11.8 Å². The zero-order chi connectivity index (χ0) is 18.4. The molecule has 2 aromatic rings. The highest BCUT2D eigenvalue weighted by Crippen LogP contribution is 2.16. The van der Waals surface area contributed by atoms with Gasteiger partial charge in [-0.1, -0.05) is 42.5 Å². The van der Waals surface area contributed by atoms with Crippen molar-refractivity contribution in [3.63, 3.8) is 0 Å². The summed E-state index contributed by atoms with van der Waals surface area (Å²) < 4.78 is 0. The van der Waals surface area contributed by atoms with Crippen molar-refractivity contribution in [1.29, 1.82) is 5.26 Å². The van der Waals surface area contributed by atoms with E-state index in [1.54, 1.807) is 18.2 Å². The molecule has 0 saturated carbocycles. The third-order valence-electron chi connectivity index (χ3n) is 4.40. The monoisotopic (exact) mass is 347 g/mol. The van der Waals surface area contributed by atoms with Gasteiger partial charge in [-0.25, -0.2) is 0 Å². The van der Waals surface area contributed by atoms with Gasteiger partial charge >= 0.3 is 0 Å². The number of nitrogens with zero attached hydrogens (tertiary/aromatic N) is 2. The van der Waals surface area contributed by atoms with Gasteiger partial charge < -0.3 is 10.4 Å². The summed E-state index contributed by atoms with van der Waals surface area (Å²) in [5.74, 6) is -0.272. The lowest BCUT2D eigenvalue weighted by Gasteiger charge is -2.16. The molecule has 26 heavy (non-hydrogen) atoms. The zero-order valence-electron chi connectivity index (χ0n) is 14.4. The Morgan fingerprint density at radius 3 is 2.81 bits per heavy atom. The molecule has 0 aromatic heterocycles. The van der Waals surface area contributed by atoms with Crippen molar-refractivity contribution in [1.82, 2.24) is 10.2 Å². The predicted octanol–water partition coefficient (Wildman–Crippen LogP) is 2.69. The number of benzene rings is 2. The van der Waals surface area contributed by atoms with Crippen molar-refractivity contribution < 1.29 is 9.90 Å². The standard InChI is InChI=1S/C21H21N3O2/c22-13-18(11-17-7-4-8-20(25)12-17)21(26)23-19-9-10-24(15-19)14-16-5-2-1-3-6-16/h1-8,11-12,19,25H,9-10,14-15H2,(H,23,26)/b18-11+. The van der Waals surface area contributed by atoms with Crippen molar-refractivity contribution in [2.24, 2.45) is 0 Å². The van der Waals surface area contributed by atoms with Gasteiger partial charge in [0.05, 0.1) is 0 Å². The molecule has 0 radical (unpaired) electrons. The van der Waals surface area contributed by atoms with Gasteiger partial charge in [0, 0.05) is 25.7 Å². The Hall–Kier alpha value is -3.10. The van der Waals surface area contributed by atoms with Crippen molar-refractivity contribution in [3.05, 3.63) is 71.3 Å². The number of nitrogens with one attached hydrogen (secondary N) is 1. The van der Waals surface area contributed by atoms with E-state index in [1.165, 1.54) is 17.7 Å². The number of phenolic OH excluding ortho intramolecular Hbond substituents is 1. The summed E-state index contributed by atoms with van der Waals surface area (Å²) in [5.41, 5.74) is 1.91. The second-order valence-electron chi connectivity index (χ2n) is 6.44. The van der Waals surface area contributed by atoms with Crippen LogP contribution < -0.4 is 5.32 Å². The Morgan fingerprint density at radius 1 is 1.27 bits per heavy atom. The van der Waals surface area contributed by atoms with Crippen LogP contribution in [-0.4, -0.2) is 35.0 Å². The maximum absolute atomic E-state index is 12.4. The lowest BCUT2D eigenvalue weighted by molar-refractivity contribution is -0.117. The summed E-state index contributed by atoms with van der Waals surface area (Å²) in [6.07, 6.45) is 2.36. The molecule has 3 rings (SSSR count). The molecule has 1 atom stereocenters. The summed E-state index contributed by atoms with van der Waals surface area (Å²) in [6.45, 7) is 2.54. The number of amides is 1. The van der Waals surface area contributed by atoms with E-state index in [1.807, 2.05) is 24.3 Å². The van der Waals surface area contributed by atoms with Crippen LogP contribution in [0.3, 0.4) is 0 Å². The molecule has 1 aliphatic heterocycles. The molecule has 5 nitrogen and oxygen atoms in total. The van der Waals surface area contributed by atoms with Crippen LogP contribution in [0.1, 0.15) is 17.5 Å². The number of nitriles is 1. The van der Waals surface area contributed by atoms with E-state index in [-0.39, 0.29) is 23.3 Å². The number of hydrogen-bond donors (Lipinski definition) is 2. The van der Waals surface area contributed by atoms with Crippen molar-refractivity contribution >= 4 is 12.0 Å². The molecular weight excluding hydrogens is 326 g/mol. The third kappa shape index (κ3) is 4.71.